The van der Waals surface area contributed by atoms with Crippen LogP contribution >= 0.6 is 11.8 Å². The summed E-state index contributed by atoms with van der Waals surface area (Å²) in [5, 5.41) is 11.1. The molecule has 1 aromatic heterocycles. The third-order valence-corrected chi connectivity index (χ3v) is 3.36. The molecule has 0 amide bonds. The fourth-order valence-corrected chi connectivity index (χ4v) is 2.21. The molecule has 2 rings (SSSR count). The summed E-state index contributed by atoms with van der Waals surface area (Å²) in [5.41, 5.74) is 2.22. The smallest absolute Gasteiger partial charge is 0.123 e. The van der Waals surface area contributed by atoms with Gasteiger partial charge in [0.25, 0.3) is 0 Å². The largest absolute Gasteiger partial charge is 0.385 e. The van der Waals surface area contributed by atoms with Crippen molar-refractivity contribution in [1.29, 1.82) is 0 Å². The van der Waals surface area contributed by atoms with Crippen LogP contribution in [0.3, 0.4) is 0 Å². The minimum atomic E-state index is 1.02. The van der Waals surface area contributed by atoms with Gasteiger partial charge in [-0.15, -0.1) is 10.2 Å². The van der Waals surface area contributed by atoms with Crippen LogP contribution in [0.25, 0.3) is 5.69 Å². The van der Waals surface area contributed by atoms with Gasteiger partial charge in [-0.3, -0.25) is 4.57 Å². The molecule has 0 aliphatic heterocycles. The molecule has 2 aromatic rings. The molecule has 18 heavy (non-hydrogen) atoms. The number of anilines is 1. The molecule has 0 aliphatic carbocycles. The Morgan fingerprint density at radius 3 is 2.83 bits per heavy atom. The molecule has 0 bridgehead atoms. The maximum absolute atomic E-state index is 3.81. The third-order valence-electron chi connectivity index (χ3n) is 2.67. The van der Waals surface area contributed by atoms with Crippen LogP contribution in [0, 0.1) is 0 Å². The minimum Gasteiger partial charge on any atom is -0.385 e. The van der Waals surface area contributed by atoms with E-state index >= 15 is 0 Å². The fraction of sp³-hybridized carbons (Fsp3) is 0.385. The van der Waals surface area contributed by atoms with Crippen LogP contribution in [-0.4, -0.2) is 33.3 Å². The van der Waals surface area contributed by atoms with Gasteiger partial charge in [-0.1, -0.05) is 6.07 Å². The molecule has 5 heteroatoms. The van der Waals surface area contributed by atoms with Gasteiger partial charge in [0.1, 0.15) is 12.7 Å². The zero-order chi connectivity index (χ0) is 12.6. The predicted octanol–water partition coefficient (Wildman–Crippen LogP) is 2.82. The molecule has 0 saturated heterocycles. The van der Waals surface area contributed by atoms with Gasteiger partial charge in [-0.25, -0.2) is 0 Å². The molecule has 1 N–H and O–H groups in total. The minimum absolute atomic E-state index is 1.02. The molecule has 96 valence electrons. The van der Waals surface area contributed by atoms with E-state index in [1.165, 1.54) is 18.6 Å². The highest BCUT2D eigenvalue weighted by atomic mass is 32.2. The van der Waals surface area contributed by atoms with Crippen molar-refractivity contribution >= 4 is 17.4 Å². The van der Waals surface area contributed by atoms with Crippen molar-refractivity contribution in [3.63, 3.8) is 0 Å². The number of unbranched alkanes of at least 4 members (excludes halogenated alkanes) is 1. The normalized spacial score (nSPS) is 10.5. The molecular formula is C13H18N4S. The maximum atomic E-state index is 3.81. The van der Waals surface area contributed by atoms with E-state index in [-0.39, 0.29) is 0 Å². The summed E-state index contributed by atoms with van der Waals surface area (Å²) in [4.78, 5) is 0. The first-order valence-corrected chi connectivity index (χ1v) is 7.47. The molecule has 0 aliphatic rings. The van der Waals surface area contributed by atoms with Gasteiger partial charge in [-0.2, -0.15) is 11.8 Å². The molecule has 0 spiro atoms. The van der Waals surface area contributed by atoms with Gasteiger partial charge < -0.3 is 5.32 Å². The zero-order valence-corrected chi connectivity index (χ0v) is 11.4. The summed E-state index contributed by atoms with van der Waals surface area (Å²) >= 11 is 1.90. The Morgan fingerprint density at radius 1 is 1.22 bits per heavy atom. The number of nitrogens with one attached hydrogen (secondary N) is 1. The van der Waals surface area contributed by atoms with Crippen LogP contribution in [-0.2, 0) is 0 Å². The van der Waals surface area contributed by atoms with Gasteiger partial charge in [-0.05, 0) is 43.0 Å². The fourth-order valence-electron chi connectivity index (χ4n) is 1.71. The lowest BCUT2D eigenvalue weighted by Gasteiger charge is -2.08. The van der Waals surface area contributed by atoms with Gasteiger partial charge >= 0.3 is 0 Å². The first-order valence-electron chi connectivity index (χ1n) is 6.08. The van der Waals surface area contributed by atoms with Crippen LogP contribution in [0.15, 0.2) is 36.9 Å². The number of aromatic nitrogens is 3. The highest BCUT2D eigenvalue weighted by Crippen LogP contribution is 2.14. The number of benzene rings is 1. The summed E-state index contributed by atoms with van der Waals surface area (Å²) in [5.74, 6) is 1.24. The Hall–Kier alpha value is -1.49. The van der Waals surface area contributed by atoms with Crippen LogP contribution < -0.4 is 5.32 Å². The summed E-state index contributed by atoms with van der Waals surface area (Å²) in [6.45, 7) is 1.02. The van der Waals surface area contributed by atoms with Gasteiger partial charge in [0.2, 0.25) is 0 Å². The van der Waals surface area contributed by atoms with Crippen LogP contribution in [0.2, 0.25) is 0 Å². The van der Waals surface area contributed by atoms with E-state index in [1.807, 2.05) is 28.5 Å². The molecule has 1 aromatic carbocycles. The Morgan fingerprint density at radius 2 is 2.06 bits per heavy atom. The van der Waals surface area contributed by atoms with Gasteiger partial charge in [0.15, 0.2) is 0 Å². The molecule has 0 radical (unpaired) electrons. The van der Waals surface area contributed by atoms with E-state index in [2.05, 4.69) is 33.9 Å². The van der Waals surface area contributed by atoms with Crippen LogP contribution in [0.4, 0.5) is 5.69 Å². The third kappa shape index (κ3) is 3.77. The average Bonchev–Trinajstić information content (AvgIpc) is 2.93. The van der Waals surface area contributed by atoms with Crippen molar-refractivity contribution in [3.8, 4) is 5.69 Å². The van der Waals surface area contributed by atoms with Crippen molar-refractivity contribution in [2.24, 2.45) is 0 Å². The first kappa shape index (κ1) is 13.0. The van der Waals surface area contributed by atoms with E-state index in [4.69, 9.17) is 0 Å². The number of rotatable bonds is 7. The van der Waals surface area contributed by atoms with E-state index in [0.29, 0.717) is 0 Å². The second-order valence-corrected chi connectivity index (χ2v) is 5.03. The van der Waals surface area contributed by atoms with Gasteiger partial charge in [0, 0.05) is 12.2 Å². The van der Waals surface area contributed by atoms with Crippen molar-refractivity contribution in [1.82, 2.24) is 14.8 Å². The molecule has 4 nitrogen and oxygen atoms in total. The molecule has 0 saturated carbocycles. The topological polar surface area (TPSA) is 42.7 Å². The van der Waals surface area contributed by atoms with Crippen LogP contribution in [0.5, 0.6) is 0 Å². The van der Waals surface area contributed by atoms with E-state index < -0.39 is 0 Å². The first-order chi connectivity index (χ1) is 8.90. The van der Waals surface area contributed by atoms with E-state index in [9.17, 15) is 0 Å². The lowest BCUT2D eigenvalue weighted by atomic mass is 10.2. The number of hydrogen-bond donors (Lipinski definition) is 1. The Balaban J connectivity index is 1.88. The lowest BCUT2D eigenvalue weighted by molar-refractivity contribution is 0.843. The Kier molecular flexibility index (Phi) is 5.08. The molecular weight excluding hydrogens is 244 g/mol. The van der Waals surface area contributed by atoms with E-state index in [0.717, 1.165) is 17.9 Å². The summed E-state index contributed by atoms with van der Waals surface area (Å²) in [6.07, 6.45) is 8.03. The standard InChI is InChI=1S/C13H18N4S/c1-18-8-3-2-7-14-12-5-4-6-13(9-12)17-10-15-16-11-17/h4-6,9-11,14H,2-3,7-8H2,1H3. The summed E-state index contributed by atoms with van der Waals surface area (Å²) < 4.78 is 1.90. The predicted molar refractivity (Wildman–Crippen MR) is 77.5 cm³/mol. The number of nitrogens with zero attached hydrogens (tertiary/aromatic N) is 3. The van der Waals surface area contributed by atoms with Crippen molar-refractivity contribution in [2.75, 3.05) is 23.9 Å². The molecule has 0 unspecified atom stereocenters. The summed E-state index contributed by atoms with van der Waals surface area (Å²) in [7, 11) is 0. The second kappa shape index (κ2) is 7.06. The summed E-state index contributed by atoms with van der Waals surface area (Å²) in [6, 6.07) is 8.28. The lowest BCUT2D eigenvalue weighted by Crippen LogP contribution is -2.02. The molecule has 1 heterocycles. The monoisotopic (exact) mass is 262 g/mol. The Bertz CT molecular complexity index is 456. The number of thioether (sulfide) groups is 1. The average molecular weight is 262 g/mol. The zero-order valence-electron chi connectivity index (χ0n) is 10.5. The van der Waals surface area contributed by atoms with Gasteiger partial charge in [0.05, 0.1) is 5.69 Å². The van der Waals surface area contributed by atoms with E-state index in [1.54, 1.807) is 12.7 Å². The highest BCUT2D eigenvalue weighted by molar-refractivity contribution is 7.98. The van der Waals surface area contributed by atoms with Crippen molar-refractivity contribution in [2.45, 2.75) is 12.8 Å². The van der Waals surface area contributed by atoms with Crippen LogP contribution in [0.1, 0.15) is 12.8 Å². The number of hydrogen-bond acceptors (Lipinski definition) is 4. The van der Waals surface area contributed by atoms with Crippen molar-refractivity contribution in [3.05, 3.63) is 36.9 Å². The SMILES string of the molecule is CSCCCCNc1cccc(-n2cnnc2)c1. The molecule has 0 atom stereocenters. The molecule has 0 fully saturated rings. The van der Waals surface area contributed by atoms with Crippen molar-refractivity contribution < 1.29 is 0 Å². The Labute approximate surface area is 112 Å². The highest BCUT2D eigenvalue weighted by Gasteiger charge is 1.98. The second-order valence-electron chi connectivity index (χ2n) is 4.05. The maximum Gasteiger partial charge on any atom is 0.123 e. The quantitative estimate of drug-likeness (QED) is 0.779.